The van der Waals surface area contributed by atoms with Crippen molar-refractivity contribution in [2.75, 3.05) is 16.0 Å². The van der Waals surface area contributed by atoms with Gasteiger partial charge in [-0.1, -0.05) is 67.3 Å². The molecular formula is C26H25FN8O2S3. The van der Waals surface area contributed by atoms with Crippen LogP contribution in [0.15, 0.2) is 51.3 Å². The van der Waals surface area contributed by atoms with E-state index < -0.39 is 11.7 Å². The van der Waals surface area contributed by atoms with E-state index in [1.54, 1.807) is 17.0 Å². The lowest BCUT2D eigenvalue weighted by atomic mass is 9.69. The van der Waals surface area contributed by atoms with Crippen LogP contribution in [-0.2, 0) is 16.0 Å². The summed E-state index contributed by atoms with van der Waals surface area (Å²) in [6, 6.07) is 7.96. The molecule has 206 valence electrons. The molecule has 0 fully saturated rings. The molecule has 0 saturated carbocycles. The Balaban J connectivity index is 1.45. The molecule has 0 spiro atoms. The molecule has 1 aromatic carbocycles. The van der Waals surface area contributed by atoms with E-state index in [4.69, 9.17) is 5.73 Å². The number of carbonyl (C=O) groups is 2. The first-order valence-corrected chi connectivity index (χ1v) is 15.0. The highest BCUT2D eigenvalue weighted by molar-refractivity contribution is 8.01. The number of rotatable bonds is 7. The Hall–Kier alpha value is -3.67. The highest BCUT2D eigenvalue weighted by Crippen LogP contribution is 2.50. The molecule has 1 aliphatic carbocycles. The number of aromatic nitrogens is 4. The van der Waals surface area contributed by atoms with Crippen LogP contribution in [-0.4, -0.2) is 37.8 Å². The van der Waals surface area contributed by atoms with Gasteiger partial charge in [0, 0.05) is 17.7 Å². The summed E-state index contributed by atoms with van der Waals surface area (Å²) < 4.78 is 14.2. The number of nitriles is 1. The van der Waals surface area contributed by atoms with Gasteiger partial charge in [-0.25, -0.2) is 4.39 Å². The molecule has 2 aliphatic rings. The first kappa shape index (κ1) is 27.9. The van der Waals surface area contributed by atoms with Crippen molar-refractivity contribution in [1.29, 1.82) is 5.26 Å². The molecule has 3 N–H and O–H groups in total. The molecule has 2 aromatic heterocycles. The van der Waals surface area contributed by atoms with Crippen LogP contribution < -0.4 is 16.0 Å². The van der Waals surface area contributed by atoms with Crippen LogP contribution in [0.1, 0.15) is 50.1 Å². The predicted molar refractivity (Wildman–Crippen MR) is 152 cm³/mol. The molecule has 40 heavy (non-hydrogen) atoms. The zero-order chi connectivity index (χ0) is 28.6. The predicted octanol–water partition coefficient (Wildman–Crippen LogP) is 4.76. The maximum Gasteiger partial charge on any atom is 0.236 e. The Morgan fingerprint density at radius 2 is 1.98 bits per heavy atom. The number of nitrogens with zero attached hydrogens (tertiary/aromatic N) is 6. The first-order chi connectivity index (χ1) is 19.1. The third-order valence-electron chi connectivity index (χ3n) is 6.51. The second kappa shape index (κ2) is 11.1. The summed E-state index contributed by atoms with van der Waals surface area (Å²) in [6.07, 6.45) is 1.55. The third-order valence-corrected chi connectivity index (χ3v) is 9.54. The van der Waals surface area contributed by atoms with E-state index in [1.165, 1.54) is 46.6 Å². The molecule has 1 unspecified atom stereocenters. The summed E-state index contributed by atoms with van der Waals surface area (Å²) in [4.78, 5) is 27.6. The van der Waals surface area contributed by atoms with Crippen molar-refractivity contribution in [2.45, 2.75) is 50.3 Å². The topological polar surface area (TPSA) is 151 Å². The quantitative estimate of drug-likeness (QED) is 0.365. The van der Waals surface area contributed by atoms with Gasteiger partial charge >= 0.3 is 0 Å². The van der Waals surface area contributed by atoms with Crippen LogP contribution in [0.3, 0.4) is 0 Å². The summed E-state index contributed by atoms with van der Waals surface area (Å²) in [5, 5.41) is 31.1. The van der Waals surface area contributed by atoms with Gasteiger partial charge in [0.15, 0.2) is 10.1 Å². The molecule has 0 saturated heterocycles. The summed E-state index contributed by atoms with van der Waals surface area (Å²) in [7, 11) is 0. The zero-order valence-corrected chi connectivity index (χ0v) is 24.3. The largest absolute Gasteiger partial charge is 0.384 e. The fourth-order valence-corrected chi connectivity index (χ4v) is 7.17. The van der Waals surface area contributed by atoms with E-state index in [0.29, 0.717) is 44.3 Å². The third kappa shape index (κ3) is 5.49. The van der Waals surface area contributed by atoms with Crippen LogP contribution >= 0.6 is 34.4 Å². The van der Waals surface area contributed by atoms with Gasteiger partial charge in [0.05, 0.1) is 23.3 Å². The van der Waals surface area contributed by atoms with E-state index in [-0.39, 0.29) is 34.3 Å². The van der Waals surface area contributed by atoms with Crippen molar-refractivity contribution in [3.05, 3.63) is 63.3 Å². The molecule has 1 atom stereocenters. The number of halogens is 1. The molecule has 5 rings (SSSR count). The number of amides is 1. The number of thioether (sulfide) groups is 1. The Bertz CT molecular complexity index is 1590. The number of aryl methyl sites for hydroxylation is 1. The number of carbonyl (C=O) groups excluding carboxylic acids is 2. The normalized spacial score (nSPS) is 18.5. The van der Waals surface area contributed by atoms with Crippen LogP contribution in [0, 0.1) is 22.6 Å². The second-order valence-electron chi connectivity index (χ2n) is 10.1. The van der Waals surface area contributed by atoms with Crippen molar-refractivity contribution >= 4 is 56.4 Å². The molecule has 0 bridgehead atoms. The van der Waals surface area contributed by atoms with Gasteiger partial charge in [-0.2, -0.15) is 5.26 Å². The van der Waals surface area contributed by atoms with Crippen LogP contribution in [0.4, 0.5) is 14.7 Å². The van der Waals surface area contributed by atoms with Gasteiger partial charge < -0.3 is 5.73 Å². The van der Waals surface area contributed by atoms with E-state index in [9.17, 15) is 19.2 Å². The fraction of sp³-hybridized carbons (Fsp3) is 0.346. The molecule has 3 aromatic rings. The van der Waals surface area contributed by atoms with Crippen molar-refractivity contribution < 1.29 is 14.0 Å². The second-order valence-corrected chi connectivity index (χ2v) is 13.3. The molecule has 3 heterocycles. The van der Waals surface area contributed by atoms with Crippen molar-refractivity contribution in [3.63, 3.8) is 0 Å². The average molecular weight is 597 g/mol. The van der Waals surface area contributed by atoms with E-state index in [0.717, 1.165) is 11.4 Å². The van der Waals surface area contributed by atoms with Crippen LogP contribution in [0.5, 0.6) is 0 Å². The summed E-state index contributed by atoms with van der Waals surface area (Å²) in [5.41, 5.74) is 8.18. The molecule has 14 heteroatoms. The Kier molecular flexibility index (Phi) is 7.72. The zero-order valence-electron chi connectivity index (χ0n) is 21.9. The number of nitrogens with two attached hydrogens (primary N) is 1. The molecule has 1 aliphatic heterocycles. The lowest BCUT2D eigenvalue weighted by Crippen LogP contribution is -2.42. The molecule has 1 amide bonds. The number of anilines is 2. The minimum absolute atomic E-state index is 0.0799. The summed E-state index contributed by atoms with van der Waals surface area (Å²) in [5.74, 6) is -1.24. The average Bonchev–Trinajstić information content (AvgIpc) is 3.56. The minimum atomic E-state index is -0.709. The van der Waals surface area contributed by atoms with Crippen molar-refractivity contribution in [2.24, 2.45) is 11.1 Å². The van der Waals surface area contributed by atoms with E-state index in [1.807, 2.05) is 20.8 Å². The smallest absolute Gasteiger partial charge is 0.236 e. The Morgan fingerprint density at radius 1 is 1.23 bits per heavy atom. The fourth-order valence-electron chi connectivity index (χ4n) is 4.80. The first-order valence-electron chi connectivity index (χ1n) is 12.4. The maximum atomic E-state index is 13.7. The number of benzene rings is 1. The summed E-state index contributed by atoms with van der Waals surface area (Å²) in [6.45, 7) is 5.97. The van der Waals surface area contributed by atoms with E-state index >= 15 is 0 Å². The molecular weight excluding hydrogens is 572 g/mol. The summed E-state index contributed by atoms with van der Waals surface area (Å²) >= 11 is 3.74. The lowest BCUT2D eigenvalue weighted by Gasteiger charge is -2.42. The van der Waals surface area contributed by atoms with Gasteiger partial charge in [0.1, 0.15) is 16.6 Å². The number of allylic oxidation sites excluding steroid dienone is 3. The van der Waals surface area contributed by atoms with Gasteiger partial charge in [-0.3, -0.25) is 19.8 Å². The van der Waals surface area contributed by atoms with Gasteiger partial charge in [0.25, 0.3) is 0 Å². The van der Waals surface area contributed by atoms with Crippen LogP contribution in [0.2, 0.25) is 0 Å². The van der Waals surface area contributed by atoms with Gasteiger partial charge in [0.2, 0.25) is 16.2 Å². The number of hydrogen-bond donors (Lipinski definition) is 2. The Morgan fingerprint density at radius 3 is 2.65 bits per heavy atom. The number of hydrogen-bond acceptors (Lipinski definition) is 12. The lowest BCUT2D eigenvalue weighted by molar-refractivity contribution is -0.118. The van der Waals surface area contributed by atoms with Crippen molar-refractivity contribution in [3.8, 4) is 6.07 Å². The number of nitrogens with one attached hydrogen (secondary N) is 1. The highest BCUT2D eigenvalue weighted by atomic mass is 32.2. The SMILES string of the molecule is CCc1nnc(NC(=O)CSc2nnc(N3C(N)=C(C#N)C(c4ccc(F)cc4)C4=C3CC(C)(C)CC4=O)s2)s1. The molecule has 0 radical (unpaired) electrons. The van der Waals surface area contributed by atoms with E-state index in [2.05, 4.69) is 31.8 Å². The molecule has 10 nitrogen and oxygen atoms in total. The standard InChI is InChI=1S/C26H25FN8O2S3/c1-4-19-31-32-23(39-19)30-18(37)12-38-25-34-33-24(40-25)35-16-9-26(2,3)10-17(36)21(16)20(15(11-28)22(35)29)13-5-7-14(27)8-6-13/h5-8,20H,4,9-10,12,29H2,1-3H3,(H,30,32,37). The Labute approximate surface area is 242 Å². The van der Waals surface area contributed by atoms with Gasteiger partial charge in [-0.15, -0.1) is 20.4 Å². The maximum absolute atomic E-state index is 13.7. The highest BCUT2D eigenvalue weighted by Gasteiger charge is 2.45. The minimum Gasteiger partial charge on any atom is -0.384 e. The van der Waals surface area contributed by atoms with Crippen LogP contribution in [0.25, 0.3) is 0 Å². The number of ketones is 1. The van der Waals surface area contributed by atoms with Gasteiger partial charge in [-0.05, 0) is 36.0 Å². The monoisotopic (exact) mass is 596 g/mol. The number of Topliss-reactive ketones (excluding diaryl/α,β-unsaturated/α-hetero) is 1. The van der Waals surface area contributed by atoms with Crippen molar-refractivity contribution in [1.82, 2.24) is 20.4 Å².